The van der Waals surface area contributed by atoms with Gasteiger partial charge in [0.2, 0.25) is 0 Å². The molecule has 0 unspecified atom stereocenters. The zero-order chi connectivity index (χ0) is 45.0. The van der Waals surface area contributed by atoms with E-state index in [4.69, 9.17) is 0 Å². The quantitative estimate of drug-likeness (QED) is 0.147. The summed E-state index contributed by atoms with van der Waals surface area (Å²) in [5.74, 6) is 0. The molecule has 0 atom stereocenters. The van der Waals surface area contributed by atoms with Crippen LogP contribution >= 0.6 is 0 Å². The molecule has 13 rings (SSSR count). The van der Waals surface area contributed by atoms with Crippen LogP contribution in [0.25, 0.3) is 77.9 Å². The molecule has 0 aliphatic heterocycles. The summed E-state index contributed by atoms with van der Waals surface area (Å²) >= 11 is 0. The zero-order valence-corrected chi connectivity index (χ0v) is 37.4. The van der Waals surface area contributed by atoms with Crippen molar-refractivity contribution in [1.29, 1.82) is 0 Å². The summed E-state index contributed by atoms with van der Waals surface area (Å²) in [7, 11) is 0. The second-order valence-electron chi connectivity index (χ2n) is 17.9. The van der Waals surface area contributed by atoms with Crippen LogP contribution in [0.5, 0.6) is 0 Å². The fraction of sp³-hybridized carbons (Fsp3) is 0.0149. The van der Waals surface area contributed by atoms with E-state index in [0.29, 0.717) is 0 Å². The molecule has 318 valence electrons. The first-order chi connectivity index (χ1) is 33.8. The second-order valence-corrected chi connectivity index (χ2v) is 17.9. The maximum atomic E-state index is 2.56. The van der Waals surface area contributed by atoms with Crippen LogP contribution in [0, 0.1) is 0 Å². The average Bonchev–Trinajstić information content (AvgIpc) is 3.90. The van der Waals surface area contributed by atoms with Gasteiger partial charge in [0.1, 0.15) is 0 Å². The van der Waals surface area contributed by atoms with Crippen LogP contribution in [0.2, 0.25) is 0 Å². The predicted octanol–water partition coefficient (Wildman–Crippen LogP) is 17.8. The van der Waals surface area contributed by atoms with Crippen molar-refractivity contribution in [3.63, 3.8) is 0 Å². The Hall–Kier alpha value is -8.78. The third kappa shape index (κ3) is 6.17. The Labute approximate surface area is 398 Å². The lowest BCUT2D eigenvalue weighted by atomic mass is 9.70. The van der Waals surface area contributed by atoms with Gasteiger partial charge in [-0.3, -0.25) is 0 Å². The van der Waals surface area contributed by atoms with Gasteiger partial charge in [0, 0.05) is 16.8 Å². The van der Waals surface area contributed by atoms with Crippen LogP contribution < -0.4 is 4.90 Å². The lowest BCUT2D eigenvalue weighted by molar-refractivity contribution is 0.794. The van der Waals surface area contributed by atoms with Crippen molar-refractivity contribution >= 4 is 17.1 Å². The van der Waals surface area contributed by atoms with Gasteiger partial charge in [-0.15, -0.1) is 0 Å². The molecular weight excluding hydrogens is 819 g/mol. The fourth-order valence-corrected chi connectivity index (χ4v) is 11.5. The summed E-state index contributed by atoms with van der Waals surface area (Å²) in [5, 5.41) is 0. The lowest BCUT2D eigenvalue weighted by Crippen LogP contribution is -2.26. The van der Waals surface area contributed by atoms with E-state index in [0.717, 1.165) is 33.8 Å². The maximum absolute atomic E-state index is 2.56. The van der Waals surface area contributed by atoms with E-state index in [1.807, 2.05) is 0 Å². The first-order valence-electron chi connectivity index (χ1n) is 23.6. The van der Waals surface area contributed by atoms with Crippen LogP contribution in [0.15, 0.2) is 273 Å². The minimum atomic E-state index is -0.491. The summed E-state index contributed by atoms with van der Waals surface area (Å²) in [5.41, 5.74) is 25.0. The Morgan fingerprint density at radius 2 is 0.588 bits per heavy atom. The average molecular weight is 864 g/mol. The maximum Gasteiger partial charge on any atom is 0.0726 e. The minimum absolute atomic E-state index is 0.491. The largest absolute Gasteiger partial charge is 0.309 e. The Balaban J connectivity index is 1.12. The van der Waals surface area contributed by atoms with Crippen molar-refractivity contribution in [1.82, 2.24) is 0 Å². The van der Waals surface area contributed by atoms with Crippen LogP contribution in [-0.2, 0) is 5.41 Å². The number of benzene rings is 11. The van der Waals surface area contributed by atoms with Gasteiger partial charge >= 0.3 is 0 Å². The van der Waals surface area contributed by atoms with Crippen molar-refractivity contribution in [3.8, 4) is 77.9 Å². The van der Waals surface area contributed by atoms with Crippen molar-refractivity contribution in [3.05, 3.63) is 295 Å². The van der Waals surface area contributed by atoms with Crippen molar-refractivity contribution in [2.75, 3.05) is 4.90 Å². The number of anilines is 3. The van der Waals surface area contributed by atoms with Gasteiger partial charge in [-0.25, -0.2) is 0 Å². The number of hydrogen-bond donors (Lipinski definition) is 0. The summed E-state index contributed by atoms with van der Waals surface area (Å²) in [6, 6.07) is 101. The van der Waals surface area contributed by atoms with Gasteiger partial charge in [-0.1, -0.05) is 243 Å². The summed E-state index contributed by atoms with van der Waals surface area (Å²) < 4.78 is 0. The molecule has 1 nitrogen and oxygen atoms in total. The molecule has 11 aromatic rings. The Kier molecular flexibility index (Phi) is 9.47. The number of para-hydroxylation sites is 1. The minimum Gasteiger partial charge on any atom is -0.309 e. The number of hydrogen-bond acceptors (Lipinski definition) is 1. The first kappa shape index (κ1) is 39.6. The zero-order valence-electron chi connectivity index (χ0n) is 37.4. The molecule has 0 N–H and O–H groups in total. The third-order valence-corrected chi connectivity index (χ3v) is 14.3. The standard InChI is InChI=1S/C67H45N/c1-4-23-46(24-5-1)49-43-50(47-25-6-2-7-26-47)45-51(44-49)68(64-41-21-17-35-58(64)55-32-13-12-31-54(55)53-30-11-10-29-52(53)48-27-8-3-9-28-48)65-42-22-40-63-66(65)59-36-16-20-39-62(59)67(63)60-37-18-14-33-56(60)57-34-15-19-38-61(57)67/h1-45H. The monoisotopic (exact) mass is 863 g/mol. The number of rotatable bonds is 8. The van der Waals surface area contributed by atoms with Crippen LogP contribution in [0.3, 0.4) is 0 Å². The molecule has 68 heavy (non-hydrogen) atoms. The molecule has 0 saturated heterocycles. The van der Waals surface area contributed by atoms with E-state index in [9.17, 15) is 0 Å². The van der Waals surface area contributed by atoms with Crippen LogP contribution in [0.1, 0.15) is 22.3 Å². The van der Waals surface area contributed by atoms with Crippen LogP contribution in [0.4, 0.5) is 17.1 Å². The molecule has 1 spiro atoms. The highest BCUT2D eigenvalue weighted by atomic mass is 15.1. The Bertz CT molecular complexity index is 3580. The highest BCUT2D eigenvalue weighted by molar-refractivity contribution is 6.04. The van der Waals surface area contributed by atoms with Gasteiger partial charge in [0.05, 0.1) is 16.8 Å². The van der Waals surface area contributed by atoms with Crippen molar-refractivity contribution < 1.29 is 0 Å². The van der Waals surface area contributed by atoms with E-state index in [1.165, 1.54) is 83.5 Å². The summed E-state index contributed by atoms with van der Waals surface area (Å²) in [4.78, 5) is 2.56. The van der Waals surface area contributed by atoms with E-state index in [-0.39, 0.29) is 0 Å². The van der Waals surface area contributed by atoms with Crippen molar-refractivity contribution in [2.24, 2.45) is 0 Å². The van der Waals surface area contributed by atoms with E-state index >= 15 is 0 Å². The topological polar surface area (TPSA) is 3.24 Å². The summed E-state index contributed by atoms with van der Waals surface area (Å²) in [6.45, 7) is 0. The van der Waals surface area contributed by atoms with Gasteiger partial charge in [0.25, 0.3) is 0 Å². The molecule has 0 amide bonds. The van der Waals surface area contributed by atoms with Gasteiger partial charge in [0.15, 0.2) is 0 Å². The van der Waals surface area contributed by atoms with Crippen LogP contribution in [-0.4, -0.2) is 0 Å². The Morgan fingerprint density at radius 3 is 1.15 bits per heavy atom. The summed E-state index contributed by atoms with van der Waals surface area (Å²) in [6.07, 6.45) is 0. The lowest BCUT2D eigenvalue weighted by Gasteiger charge is -2.33. The Morgan fingerprint density at radius 1 is 0.221 bits per heavy atom. The number of fused-ring (bicyclic) bond motifs is 10. The highest BCUT2D eigenvalue weighted by Gasteiger charge is 2.52. The van der Waals surface area contributed by atoms with Gasteiger partial charge in [-0.05, 0) is 119 Å². The van der Waals surface area contributed by atoms with Gasteiger partial charge < -0.3 is 4.90 Å². The molecular formula is C67H45N. The van der Waals surface area contributed by atoms with Gasteiger partial charge in [-0.2, -0.15) is 0 Å². The molecule has 0 bridgehead atoms. The highest BCUT2D eigenvalue weighted by Crippen LogP contribution is 2.65. The SMILES string of the molecule is c1ccc(-c2cc(-c3ccccc3)cc(N(c3ccccc3-c3ccccc3-c3ccccc3-c3ccccc3)c3cccc4c3-c3ccccc3C43c4ccccc4-c4ccccc43)c2)cc1. The fourth-order valence-electron chi connectivity index (χ4n) is 11.5. The smallest absolute Gasteiger partial charge is 0.0726 e. The molecule has 11 aromatic carbocycles. The third-order valence-electron chi connectivity index (χ3n) is 14.3. The normalized spacial score (nSPS) is 12.5. The second kappa shape index (κ2) is 16.3. The molecule has 0 radical (unpaired) electrons. The van der Waals surface area contributed by atoms with E-state index in [1.54, 1.807) is 0 Å². The van der Waals surface area contributed by atoms with E-state index in [2.05, 4.69) is 278 Å². The van der Waals surface area contributed by atoms with E-state index < -0.39 is 5.41 Å². The number of nitrogens with zero attached hydrogens (tertiary/aromatic N) is 1. The molecule has 0 aromatic heterocycles. The molecule has 0 fully saturated rings. The molecule has 2 aliphatic rings. The van der Waals surface area contributed by atoms with Crippen molar-refractivity contribution in [2.45, 2.75) is 5.41 Å². The molecule has 1 heteroatoms. The molecule has 0 heterocycles. The molecule has 2 aliphatic carbocycles. The predicted molar refractivity (Wildman–Crippen MR) is 285 cm³/mol. The molecule has 0 saturated carbocycles. The first-order valence-corrected chi connectivity index (χ1v) is 23.6.